The summed E-state index contributed by atoms with van der Waals surface area (Å²) in [7, 11) is 0. The summed E-state index contributed by atoms with van der Waals surface area (Å²) in [6.07, 6.45) is 1.03. The third-order valence-electron chi connectivity index (χ3n) is 4.74. The summed E-state index contributed by atoms with van der Waals surface area (Å²) in [6, 6.07) is 9.96. The van der Waals surface area contributed by atoms with Gasteiger partial charge in [-0.05, 0) is 48.7 Å². The van der Waals surface area contributed by atoms with Crippen molar-refractivity contribution in [2.24, 2.45) is 0 Å². The van der Waals surface area contributed by atoms with Gasteiger partial charge in [0.2, 0.25) is 0 Å². The Morgan fingerprint density at radius 1 is 1.04 bits per heavy atom. The van der Waals surface area contributed by atoms with Crippen LogP contribution in [0.2, 0.25) is 0 Å². The molecule has 5 rings (SSSR count). The topological polar surface area (TPSA) is 72.3 Å². The molecule has 1 aliphatic rings. The van der Waals surface area contributed by atoms with Crippen molar-refractivity contribution in [3.63, 3.8) is 0 Å². The van der Waals surface area contributed by atoms with Crippen molar-refractivity contribution in [2.45, 2.75) is 12.8 Å². The summed E-state index contributed by atoms with van der Waals surface area (Å²) < 4.78 is 29.2. The van der Waals surface area contributed by atoms with Gasteiger partial charge in [0.1, 0.15) is 11.6 Å². The minimum absolute atomic E-state index is 0.138. The van der Waals surface area contributed by atoms with Crippen LogP contribution in [0.1, 0.15) is 12.0 Å². The SMILES string of the molecule is Nc1ccc2c(N3CCCc4ccc(F)cc43)nc3nnc(F)n3c2c1. The van der Waals surface area contributed by atoms with Crippen LogP contribution in [0.4, 0.5) is 26.0 Å². The highest BCUT2D eigenvalue weighted by molar-refractivity contribution is 5.95. The van der Waals surface area contributed by atoms with Crippen LogP contribution in [-0.2, 0) is 6.42 Å². The van der Waals surface area contributed by atoms with E-state index in [2.05, 4.69) is 15.2 Å². The van der Waals surface area contributed by atoms with Gasteiger partial charge in [-0.1, -0.05) is 11.2 Å². The number of nitrogens with two attached hydrogens (primary N) is 1. The molecule has 0 saturated carbocycles. The molecule has 0 aliphatic carbocycles. The molecule has 0 bridgehead atoms. The van der Waals surface area contributed by atoms with Crippen LogP contribution in [-0.4, -0.2) is 26.1 Å². The fourth-order valence-corrected chi connectivity index (χ4v) is 3.59. The lowest BCUT2D eigenvalue weighted by Crippen LogP contribution is -2.26. The Kier molecular flexibility index (Phi) is 3.09. The minimum atomic E-state index is -0.750. The van der Waals surface area contributed by atoms with Gasteiger partial charge in [-0.3, -0.25) is 0 Å². The molecule has 1 aliphatic heterocycles. The van der Waals surface area contributed by atoms with Gasteiger partial charge in [-0.2, -0.15) is 9.37 Å². The number of aromatic nitrogens is 4. The molecule has 0 fully saturated rings. The average Bonchev–Trinajstić information content (AvgIpc) is 3.01. The highest BCUT2D eigenvalue weighted by Gasteiger charge is 2.24. The van der Waals surface area contributed by atoms with Gasteiger partial charge in [0.05, 0.1) is 5.52 Å². The van der Waals surface area contributed by atoms with E-state index in [1.54, 1.807) is 24.3 Å². The number of nitrogen functional groups attached to an aromatic ring is 1. The van der Waals surface area contributed by atoms with Gasteiger partial charge in [-0.15, -0.1) is 5.10 Å². The maximum absolute atomic E-state index is 14.1. The maximum Gasteiger partial charge on any atom is 0.315 e. The second-order valence-corrected chi connectivity index (χ2v) is 6.34. The lowest BCUT2D eigenvalue weighted by Gasteiger charge is -2.31. The van der Waals surface area contributed by atoms with Crippen molar-refractivity contribution in [1.29, 1.82) is 0 Å². The van der Waals surface area contributed by atoms with Crippen LogP contribution in [0.5, 0.6) is 0 Å². The van der Waals surface area contributed by atoms with Gasteiger partial charge >= 0.3 is 6.08 Å². The molecule has 0 amide bonds. The standard InChI is InChI=1S/C18H14F2N6/c19-11-4-3-10-2-1-7-25(14(10)8-11)16-13-6-5-12(21)9-15(13)26-17(20)23-24-18(26)22-16/h3-6,8-9H,1-2,7,21H2. The lowest BCUT2D eigenvalue weighted by molar-refractivity contribution is 0.532. The van der Waals surface area contributed by atoms with Crippen molar-refractivity contribution in [3.8, 4) is 0 Å². The van der Waals surface area contributed by atoms with Crippen molar-refractivity contribution in [1.82, 2.24) is 19.6 Å². The molecule has 4 aromatic rings. The molecule has 2 aromatic carbocycles. The fraction of sp³-hybridized carbons (Fsp3) is 0.167. The summed E-state index contributed by atoms with van der Waals surface area (Å²) in [5.74, 6) is 0.421. The normalized spacial score (nSPS) is 14.2. The molecular weight excluding hydrogens is 338 g/mol. The minimum Gasteiger partial charge on any atom is -0.399 e. The van der Waals surface area contributed by atoms with E-state index in [1.165, 1.54) is 16.5 Å². The van der Waals surface area contributed by atoms with E-state index in [4.69, 9.17) is 5.73 Å². The number of anilines is 3. The molecule has 0 spiro atoms. The number of halogens is 2. The molecular formula is C18H14F2N6. The van der Waals surface area contributed by atoms with Crippen molar-refractivity contribution < 1.29 is 8.78 Å². The predicted octanol–water partition coefficient (Wildman–Crippen LogP) is 3.22. The molecule has 6 nitrogen and oxygen atoms in total. The van der Waals surface area contributed by atoms with E-state index in [-0.39, 0.29) is 11.6 Å². The molecule has 130 valence electrons. The second-order valence-electron chi connectivity index (χ2n) is 6.34. The first kappa shape index (κ1) is 15.0. The zero-order valence-electron chi connectivity index (χ0n) is 13.7. The smallest absolute Gasteiger partial charge is 0.315 e. The van der Waals surface area contributed by atoms with Crippen LogP contribution in [0, 0.1) is 11.9 Å². The zero-order chi connectivity index (χ0) is 17.8. The number of rotatable bonds is 1. The third-order valence-corrected chi connectivity index (χ3v) is 4.74. The third kappa shape index (κ3) is 2.11. The maximum atomic E-state index is 14.1. The van der Waals surface area contributed by atoms with E-state index in [1.807, 2.05) is 4.90 Å². The van der Waals surface area contributed by atoms with E-state index < -0.39 is 6.08 Å². The van der Waals surface area contributed by atoms with Crippen LogP contribution in [0.3, 0.4) is 0 Å². The number of benzene rings is 2. The first-order chi connectivity index (χ1) is 12.6. The molecule has 2 aromatic heterocycles. The number of nitrogens with zero attached hydrogens (tertiary/aromatic N) is 5. The van der Waals surface area contributed by atoms with Gasteiger partial charge in [0, 0.05) is 23.3 Å². The summed E-state index contributed by atoms with van der Waals surface area (Å²) in [6.45, 7) is 0.676. The van der Waals surface area contributed by atoms with Gasteiger partial charge in [0.15, 0.2) is 0 Å². The molecule has 2 N–H and O–H groups in total. The van der Waals surface area contributed by atoms with Gasteiger partial charge in [0.25, 0.3) is 5.78 Å². The predicted molar refractivity (Wildman–Crippen MR) is 94.4 cm³/mol. The van der Waals surface area contributed by atoms with E-state index >= 15 is 0 Å². The Morgan fingerprint density at radius 2 is 1.92 bits per heavy atom. The van der Waals surface area contributed by atoms with E-state index in [0.717, 1.165) is 24.1 Å². The van der Waals surface area contributed by atoms with Gasteiger partial charge < -0.3 is 10.6 Å². The van der Waals surface area contributed by atoms with Gasteiger partial charge in [-0.25, -0.2) is 8.79 Å². The van der Waals surface area contributed by atoms with E-state index in [9.17, 15) is 8.78 Å². The van der Waals surface area contributed by atoms with Crippen molar-refractivity contribution in [2.75, 3.05) is 17.2 Å². The van der Waals surface area contributed by atoms with E-state index in [0.29, 0.717) is 29.0 Å². The number of fused-ring (bicyclic) bond motifs is 4. The summed E-state index contributed by atoms with van der Waals surface area (Å²) in [5.41, 5.74) is 8.74. The first-order valence-corrected chi connectivity index (χ1v) is 8.27. The average molecular weight is 352 g/mol. The van der Waals surface area contributed by atoms with Crippen LogP contribution in [0.15, 0.2) is 36.4 Å². The highest BCUT2D eigenvalue weighted by Crippen LogP contribution is 2.37. The fourth-order valence-electron chi connectivity index (χ4n) is 3.59. The molecule has 3 heterocycles. The van der Waals surface area contributed by atoms with Crippen LogP contribution in [0.25, 0.3) is 16.7 Å². The molecule has 0 radical (unpaired) electrons. The first-order valence-electron chi connectivity index (χ1n) is 8.27. The van der Waals surface area contributed by atoms with Crippen LogP contribution >= 0.6 is 0 Å². The second kappa shape index (κ2) is 5.35. The number of hydrogen-bond donors (Lipinski definition) is 1. The lowest BCUT2D eigenvalue weighted by atomic mass is 10.0. The molecule has 0 saturated heterocycles. The molecule has 8 heteroatoms. The Labute approximate surface area is 146 Å². The van der Waals surface area contributed by atoms with Crippen molar-refractivity contribution >= 4 is 33.9 Å². The van der Waals surface area contributed by atoms with Crippen molar-refractivity contribution in [3.05, 3.63) is 53.9 Å². The monoisotopic (exact) mass is 352 g/mol. The Morgan fingerprint density at radius 3 is 2.81 bits per heavy atom. The quantitative estimate of drug-likeness (QED) is 0.533. The molecule has 26 heavy (non-hydrogen) atoms. The number of aryl methyl sites for hydroxylation is 1. The number of hydrogen-bond acceptors (Lipinski definition) is 5. The van der Waals surface area contributed by atoms with Crippen LogP contribution < -0.4 is 10.6 Å². The Bertz CT molecular complexity index is 1170. The zero-order valence-corrected chi connectivity index (χ0v) is 13.7. The summed E-state index contributed by atoms with van der Waals surface area (Å²) in [4.78, 5) is 6.47. The highest BCUT2D eigenvalue weighted by atomic mass is 19.1. The molecule has 0 atom stereocenters. The Balaban J connectivity index is 1.84. The largest absolute Gasteiger partial charge is 0.399 e. The summed E-state index contributed by atoms with van der Waals surface area (Å²) >= 11 is 0. The molecule has 0 unspecified atom stereocenters. The summed E-state index contributed by atoms with van der Waals surface area (Å²) in [5, 5.41) is 7.99. The Hall–Kier alpha value is -3.29.